The van der Waals surface area contributed by atoms with Crippen molar-refractivity contribution < 1.29 is 4.90 Å². The first-order chi connectivity index (χ1) is 12.3. The number of likely N-dealkylation sites (N-methyl/N-ethyl adjacent to an activating group) is 1. The first-order valence-electron chi connectivity index (χ1n) is 9.20. The summed E-state index contributed by atoms with van der Waals surface area (Å²) in [6, 6.07) is 8.05. The Bertz CT molecular complexity index is 813. The summed E-state index contributed by atoms with van der Waals surface area (Å²) in [6.07, 6.45) is 0. The van der Waals surface area contributed by atoms with E-state index in [0.717, 1.165) is 36.1 Å². The lowest BCUT2D eigenvalue weighted by Gasteiger charge is -2.26. The van der Waals surface area contributed by atoms with E-state index in [2.05, 4.69) is 56.1 Å². The number of H-pyrrole nitrogens is 1. The van der Waals surface area contributed by atoms with Gasteiger partial charge >= 0.3 is 0 Å². The molecule has 3 N–H and O–H groups in total. The van der Waals surface area contributed by atoms with Crippen LogP contribution in [-0.4, -0.2) is 48.7 Å². The number of quaternary nitrogens is 1. The molecule has 142 valence electrons. The minimum Gasteiger partial charge on any atom is -0.362 e. The van der Waals surface area contributed by atoms with Crippen LogP contribution >= 0.6 is 12.2 Å². The van der Waals surface area contributed by atoms with Gasteiger partial charge in [-0.2, -0.15) is 0 Å². The molecule has 0 unspecified atom stereocenters. The highest BCUT2D eigenvalue weighted by Gasteiger charge is 2.14. The number of nitrogens with one attached hydrogen (secondary N) is 3. The van der Waals surface area contributed by atoms with Crippen molar-refractivity contribution in [2.24, 2.45) is 5.92 Å². The van der Waals surface area contributed by atoms with Crippen molar-refractivity contribution in [1.29, 1.82) is 0 Å². The monoisotopic (exact) mass is 375 g/mol. The average Bonchev–Trinajstić information content (AvgIpc) is 2.56. The van der Waals surface area contributed by atoms with Crippen LogP contribution < -0.4 is 15.8 Å². The van der Waals surface area contributed by atoms with Crippen molar-refractivity contribution in [1.82, 2.24) is 15.2 Å². The first kappa shape index (κ1) is 20.4. The number of nitrogens with zero attached hydrogens (tertiary/aromatic N) is 1. The molecule has 1 aromatic carbocycles. The minimum atomic E-state index is -0.0461. The Labute approximate surface area is 161 Å². The smallest absolute Gasteiger partial charge is 0.253 e. The predicted octanol–water partition coefficient (Wildman–Crippen LogP) is 1.31. The summed E-state index contributed by atoms with van der Waals surface area (Å²) in [5.74, 6) is 0.515. The second kappa shape index (κ2) is 9.14. The van der Waals surface area contributed by atoms with Crippen LogP contribution in [0.1, 0.15) is 25.0 Å². The van der Waals surface area contributed by atoms with E-state index in [-0.39, 0.29) is 5.56 Å². The third-order valence-electron chi connectivity index (χ3n) is 4.27. The number of hydrogen-bond acceptors (Lipinski definition) is 2. The number of aromatic amines is 1. The predicted molar refractivity (Wildman–Crippen MR) is 113 cm³/mol. The molecule has 5 nitrogen and oxygen atoms in total. The van der Waals surface area contributed by atoms with Gasteiger partial charge in [0.25, 0.3) is 5.56 Å². The second-order valence-corrected chi connectivity index (χ2v) is 8.06. The fourth-order valence-corrected chi connectivity index (χ4v) is 2.95. The Hall–Kier alpha value is -1.92. The Morgan fingerprint density at radius 2 is 2.04 bits per heavy atom. The number of hydrogen-bond donors (Lipinski definition) is 3. The molecule has 0 amide bonds. The molecule has 0 fully saturated rings. The van der Waals surface area contributed by atoms with E-state index in [0.29, 0.717) is 17.6 Å². The largest absolute Gasteiger partial charge is 0.362 e. The van der Waals surface area contributed by atoms with E-state index in [1.165, 1.54) is 10.5 Å². The van der Waals surface area contributed by atoms with Crippen molar-refractivity contribution in [2.75, 3.05) is 33.7 Å². The zero-order chi connectivity index (χ0) is 19.3. The van der Waals surface area contributed by atoms with Gasteiger partial charge in [-0.1, -0.05) is 25.5 Å². The molecule has 1 heterocycles. The molecule has 0 aliphatic rings. The molecule has 1 aromatic heterocycles. The van der Waals surface area contributed by atoms with E-state index in [1.807, 2.05) is 18.2 Å². The summed E-state index contributed by atoms with van der Waals surface area (Å²) in [5, 5.41) is 5.09. The van der Waals surface area contributed by atoms with Gasteiger partial charge < -0.3 is 20.1 Å². The molecule has 2 aromatic rings. The maximum Gasteiger partial charge on any atom is 0.253 e. The molecule has 2 rings (SSSR count). The molecule has 0 aliphatic heterocycles. The van der Waals surface area contributed by atoms with Crippen LogP contribution in [0.25, 0.3) is 10.9 Å². The Kier molecular flexibility index (Phi) is 7.17. The average molecular weight is 376 g/mol. The normalized spacial score (nSPS) is 11.3. The van der Waals surface area contributed by atoms with Crippen LogP contribution in [0.5, 0.6) is 0 Å². The van der Waals surface area contributed by atoms with E-state index >= 15 is 0 Å². The molecule has 0 radical (unpaired) electrons. The summed E-state index contributed by atoms with van der Waals surface area (Å²) in [5.41, 5.74) is 2.74. The van der Waals surface area contributed by atoms with Gasteiger partial charge in [0.2, 0.25) is 0 Å². The minimum absolute atomic E-state index is 0.0461. The lowest BCUT2D eigenvalue weighted by Crippen LogP contribution is -3.06. The van der Waals surface area contributed by atoms with Gasteiger partial charge in [-0.3, -0.25) is 4.79 Å². The van der Waals surface area contributed by atoms with E-state index in [1.54, 1.807) is 0 Å². The van der Waals surface area contributed by atoms with Gasteiger partial charge in [0, 0.05) is 17.6 Å². The highest BCUT2D eigenvalue weighted by atomic mass is 32.1. The first-order valence-corrected chi connectivity index (χ1v) is 9.61. The zero-order valence-corrected chi connectivity index (χ0v) is 17.3. The molecule has 0 saturated carbocycles. The number of thiocarbonyl (C=S) groups is 1. The lowest BCUT2D eigenvalue weighted by atomic mass is 10.1. The third kappa shape index (κ3) is 5.81. The third-order valence-corrected chi connectivity index (χ3v) is 4.67. The molecule has 0 bridgehead atoms. The second-order valence-electron chi connectivity index (χ2n) is 7.67. The van der Waals surface area contributed by atoms with Gasteiger partial charge in [-0.25, -0.2) is 0 Å². The molecule has 6 heteroatoms. The Morgan fingerprint density at radius 1 is 1.31 bits per heavy atom. The van der Waals surface area contributed by atoms with Gasteiger partial charge in [-0.05, 0) is 48.6 Å². The van der Waals surface area contributed by atoms with Crippen LogP contribution in [0.15, 0.2) is 29.1 Å². The molecule has 0 saturated heterocycles. The molecular weight excluding hydrogens is 344 g/mol. The zero-order valence-electron chi connectivity index (χ0n) is 16.5. The van der Waals surface area contributed by atoms with Gasteiger partial charge in [0.1, 0.15) is 0 Å². The maximum atomic E-state index is 12.5. The molecular formula is C20H31N4OS+. The highest BCUT2D eigenvalue weighted by Crippen LogP contribution is 2.14. The van der Waals surface area contributed by atoms with E-state index in [4.69, 9.17) is 12.2 Å². The van der Waals surface area contributed by atoms with Crippen LogP contribution in [0.2, 0.25) is 0 Å². The number of aromatic nitrogens is 1. The Morgan fingerprint density at radius 3 is 2.69 bits per heavy atom. The topological polar surface area (TPSA) is 52.6 Å². The number of pyridine rings is 1. The fraction of sp³-hybridized carbons (Fsp3) is 0.500. The quantitative estimate of drug-likeness (QED) is 0.639. The summed E-state index contributed by atoms with van der Waals surface area (Å²) < 4.78 is 0. The number of aryl methyl sites for hydroxylation is 1. The van der Waals surface area contributed by atoms with Crippen molar-refractivity contribution >= 4 is 28.2 Å². The van der Waals surface area contributed by atoms with Crippen molar-refractivity contribution in [3.05, 3.63) is 45.7 Å². The van der Waals surface area contributed by atoms with Crippen LogP contribution in [0, 0.1) is 12.8 Å². The summed E-state index contributed by atoms with van der Waals surface area (Å²) in [7, 11) is 4.24. The van der Waals surface area contributed by atoms with Crippen LogP contribution in [-0.2, 0) is 6.54 Å². The summed E-state index contributed by atoms with van der Waals surface area (Å²) in [6.45, 7) is 9.46. The van der Waals surface area contributed by atoms with E-state index < -0.39 is 0 Å². The van der Waals surface area contributed by atoms with Gasteiger partial charge in [-0.15, -0.1) is 0 Å². The Balaban J connectivity index is 2.25. The summed E-state index contributed by atoms with van der Waals surface area (Å²) in [4.78, 5) is 19.0. The molecule has 26 heavy (non-hydrogen) atoms. The van der Waals surface area contributed by atoms with Gasteiger partial charge in [0.15, 0.2) is 5.11 Å². The van der Waals surface area contributed by atoms with Crippen molar-refractivity contribution in [3.8, 4) is 0 Å². The highest BCUT2D eigenvalue weighted by molar-refractivity contribution is 7.80. The molecule has 0 aliphatic carbocycles. The molecule has 0 atom stereocenters. The van der Waals surface area contributed by atoms with Crippen LogP contribution in [0.4, 0.5) is 0 Å². The SMILES string of the molecule is Cc1ccc2[nH]c(=O)c(CN(CC[NH+](C)C)C(=S)NCC(C)C)cc2c1. The fourth-order valence-electron chi connectivity index (χ4n) is 2.71. The van der Waals surface area contributed by atoms with Crippen molar-refractivity contribution in [2.45, 2.75) is 27.3 Å². The summed E-state index contributed by atoms with van der Waals surface area (Å²) >= 11 is 5.60. The van der Waals surface area contributed by atoms with Crippen molar-refractivity contribution in [3.63, 3.8) is 0 Å². The number of fused-ring (bicyclic) bond motifs is 1. The van der Waals surface area contributed by atoms with Crippen LogP contribution in [0.3, 0.4) is 0 Å². The maximum absolute atomic E-state index is 12.5. The number of benzene rings is 1. The standard InChI is InChI=1S/C20H30N4OS/c1-14(2)12-21-20(26)24(9-8-23(4)5)13-17-11-16-10-15(3)6-7-18(16)22-19(17)25/h6-7,10-11,14H,8-9,12-13H2,1-5H3,(H,21,26)(H,22,25)/p+1. The molecule has 0 spiro atoms. The lowest BCUT2D eigenvalue weighted by molar-refractivity contribution is -0.857. The van der Waals surface area contributed by atoms with Gasteiger partial charge in [0.05, 0.1) is 33.7 Å². The van der Waals surface area contributed by atoms with E-state index in [9.17, 15) is 4.79 Å². The number of rotatable bonds is 7.